The molecule has 0 spiro atoms. The van der Waals surface area contributed by atoms with E-state index in [1.54, 1.807) is 7.11 Å². The van der Waals surface area contributed by atoms with E-state index in [4.69, 9.17) is 9.47 Å². The van der Waals surface area contributed by atoms with Crippen molar-refractivity contribution in [3.05, 3.63) is 5.82 Å². The molecule has 1 aromatic rings. The molecule has 0 aromatic carbocycles. The summed E-state index contributed by atoms with van der Waals surface area (Å²) in [7, 11) is 1.65. The fourth-order valence-corrected chi connectivity index (χ4v) is 2.40. The smallest absolute Gasteiger partial charge is 0.293 e. The number of nitrogens with one attached hydrogen (secondary N) is 1. The van der Waals surface area contributed by atoms with Crippen molar-refractivity contribution in [1.29, 1.82) is 0 Å². The highest BCUT2D eigenvalue weighted by Crippen LogP contribution is 2.21. The van der Waals surface area contributed by atoms with Gasteiger partial charge in [-0.05, 0) is 38.8 Å². The summed E-state index contributed by atoms with van der Waals surface area (Å²) in [6, 6.07) is 0. The minimum absolute atomic E-state index is 0.0671. The third-order valence-electron chi connectivity index (χ3n) is 3.04. The Balaban J connectivity index is 1.80. The Morgan fingerprint density at radius 3 is 2.94 bits per heavy atom. The van der Waals surface area contributed by atoms with E-state index in [1.165, 1.54) is 24.4 Å². The summed E-state index contributed by atoms with van der Waals surface area (Å²) >= 11 is 1.30. The van der Waals surface area contributed by atoms with Crippen molar-refractivity contribution in [3.63, 3.8) is 0 Å². The monoisotopic (exact) mass is 257 g/mol. The van der Waals surface area contributed by atoms with Crippen molar-refractivity contribution < 1.29 is 9.47 Å². The van der Waals surface area contributed by atoms with Crippen molar-refractivity contribution in [2.75, 3.05) is 26.8 Å². The van der Waals surface area contributed by atoms with Crippen molar-refractivity contribution in [2.45, 2.75) is 25.9 Å². The molecule has 2 heterocycles. The highest BCUT2D eigenvalue weighted by Gasteiger charge is 2.16. The summed E-state index contributed by atoms with van der Waals surface area (Å²) in [5, 5.41) is 4.00. The number of hydrogen-bond acceptors (Lipinski definition) is 6. The molecule has 17 heavy (non-hydrogen) atoms. The fourth-order valence-electron chi connectivity index (χ4n) is 1.79. The van der Waals surface area contributed by atoms with Gasteiger partial charge in [0.05, 0.1) is 6.61 Å². The lowest BCUT2D eigenvalue weighted by atomic mass is 9.99. The first kappa shape index (κ1) is 12.7. The summed E-state index contributed by atoms with van der Waals surface area (Å²) in [5.41, 5.74) is 0. The van der Waals surface area contributed by atoms with Crippen LogP contribution in [0.3, 0.4) is 0 Å². The molecule has 1 atom stereocenters. The molecule has 1 saturated heterocycles. The maximum absolute atomic E-state index is 5.68. The number of hydrogen-bond donors (Lipinski definition) is 1. The van der Waals surface area contributed by atoms with Crippen molar-refractivity contribution in [2.24, 2.45) is 5.92 Å². The van der Waals surface area contributed by atoms with Gasteiger partial charge in [0.1, 0.15) is 6.10 Å². The third-order valence-corrected chi connectivity index (χ3v) is 3.69. The van der Waals surface area contributed by atoms with Crippen LogP contribution in [0.5, 0.6) is 5.19 Å². The van der Waals surface area contributed by atoms with Gasteiger partial charge >= 0.3 is 0 Å². The molecule has 0 radical (unpaired) electrons. The van der Waals surface area contributed by atoms with Gasteiger partial charge in [-0.25, -0.2) is 0 Å². The number of nitrogens with zero attached hydrogens (tertiary/aromatic N) is 2. The van der Waals surface area contributed by atoms with Gasteiger partial charge in [0.2, 0.25) is 0 Å². The number of rotatable bonds is 5. The molecule has 1 aromatic heterocycles. The molecule has 0 bridgehead atoms. The molecule has 0 amide bonds. The zero-order valence-corrected chi connectivity index (χ0v) is 11.1. The number of ether oxygens (including phenoxy) is 2. The Hall–Kier alpha value is -0.720. The van der Waals surface area contributed by atoms with Gasteiger partial charge in [0.25, 0.3) is 5.19 Å². The lowest BCUT2D eigenvalue weighted by Gasteiger charge is -2.21. The Bertz CT molecular complexity index is 339. The third kappa shape index (κ3) is 3.62. The SMILES string of the molecule is COC(C)c1nsc(OCC2CCNCC2)n1. The molecule has 6 heteroatoms. The Morgan fingerprint density at radius 2 is 2.24 bits per heavy atom. The van der Waals surface area contributed by atoms with Gasteiger partial charge in [-0.1, -0.05) is 0 Å². The Morgan fingerprint density at radius 1 is 1.47 bits per heavy atom. The van der Waals surface area contributed by atoms with E-state index in [1.807, 2.05) is 6.92 Å². The molecule has 0 saturated carbocycles. The molecule has 96 valence electrons. The second-order valence-electron chi connectivity index (χ2n) is 4.30. The van der Waals surface area contributed by atoms with E-state index in [2.05, 4.69) is 14.7 Å². The van der Waals surface area contributed by atoms with Crippen molar-refractivity contribution in [1.82, 2.24) is 14.7 Å². The summed E-state index contributed by atoms with van der Waals surface area (Å²) in [6.07, 6.45) is 2.29. The quantitative estimate of drug-likeness (QED) is 0.868. The standard InChI is InChI=1S/C11H19N3O2S/c1-8(15-2)10-13-11(17-14-10)16-7-9-3-5-12-6-4-9/h8-9,12H,3-7H2,1-2H3. The number of aromatic nitrogens is 2. The van der Waals surface area contributed by atoms with Crippen LogP contribution in [0.1, 0.15) is 31.7 Å². The maximum atomic E-state index is 5.68. The van der Waals surface area contributed by atoms with E-state index >= 15 is 0 Å². The zero-order valence-electron chi connectivity index (χ0n) is 10.3. The summed E-state index contributed by atoms with van der Waals surface area (Å²) in [5.74, 6) is 1.35. The molecule has 0 aliphatic carbocycles. The molecule has 2 rings (SSSR count). The Kier molecular flexibility index (Phi) is 4.70. The van der Waals surface area contributed by atoms with Crippen molar-refractivity contribution in [3.8, 4) is 5.19 Å². The minimum Gasteiger partial charge on any atom is -0.469 e. The molecular weight excluding hydrogens is 238 g/mol. The van der Waals surface area contributed by atoms with E-state index in [0.717, 1.165) is 19.7 Å². The average molecular weight is 257 g/mol. The molecule has 1 aliphatic heterocycles. The minimum atomic E-state index is -0.0671. The van der Waals surface area contributed by atoms with Crippen LogP contribution in [-0.4, -0.2) is 36.2 Å². The van der Waals surface area contributed by atoms with E-state index in [-0.39, 0.29) is 6.10 Å². The molecule has 1 N–H and O–H groups in total. The van der Waals surface area contributed by atoms with E-state index in [0.29, 0.717) is 16.9 Å². The van der Waals surface area contributed by atoms with Crippen LogP contribution in [-0.2, 0) is 4.74 Å². The van der Waals surface area contributed by atoms with Crippen LogP contribution in [0, 0.1) is 5.92 Å². The average Bonchev–Trinajstić information content (AvgIpc) is 2.85. The van der Waals surface area contributed by atoms with Gasteiger partial charge in [0.15, 0.2) is 5.82 Å². The van der Waals surface area contributed by atoms with Gasteiger partial charge in [-0.3, -0.25) is 0 Å². The van der Waals surface area contributed by atoms with Crippen LogP contribution >= 0.6 is 11.5 Å². The van der Waals surface area contributed by atoms with Crippen LogP contribution in [0.2, 0.25) is 0 Å². The first-order valence-corrected chi connectivity index (χ1v) is 6.77. The van der Waals surface area contributed by atoms with Gasteiger partial charge in [0, 0.05) is 18.6 Å². The fraction of sp³-hybridized carbons (Fsp3) is 0.818. The highest BCUT2D eigenvalue weighted by molar-refractivity contribution is 7.07. The topological polar surface area (TPSA) is 56.3 Å². The lowest BCUT2D eigenvalue weighted by Crippen LogP contribution is -2.30. The molecule has 1 aliphatic rings. The van der Waals surface area contributed by atoms with Crippen molar-refractivity contribution >= 4 is 11.5 Å². The highest BCUT2D eigenvalue weighted by atomic mass is 32.1. The molecular formula is C11H19N3O2S. The molecule has 1 unspecified atom stereocenters. The normalized spacial score (nSPS) is 19.2. The molecule has 1 fully saturated rings. The lowest BCUT2D eigenvalue weighted by molar-refractivity contribution is 0.112. The van der Waals surface area contributed by atoms with E-state index < -0.39 is 0 Å². The van der Waals surface area contributed by atoms with Crippen LogP contribution < -0.4 is 10.1 Å². The predicted molar refractivity (Wildman–Crippen MR) is 66.4 cm³/mol. The maximum Gasteiger partial charge on any atom is 0.293 e. The van der Waals surface area contributed by atoms with Gasteiger partial charge in [-0.15, -0.1) is 0 Å². The first-order valence-electron chi connectivity index (χ1n) is 5.99. The van der Waals surface area contributed by atoms with Gasteiger partial charge < -0.3 is 14.8 Å². The van der Waals surface area contributed by atoms with Crippen LogP contribution in [0.4, 0.5) is 0 Å². The summed E-state index contributed by atoms with van der Waals surface area (Å²) < 4.78 is 15.1. The van der Waals surface area contributed by atoms with E-state index in [9.17, 15) is 0 Å². The first-order chi connectivity index (χ1) is 8.29. The predicted octanol–water partition coefficient (Wildman–Crippen LogP) is 1.62. The second-order valence-corrected chi connectivity index (χ2v) is 5.02. The summed E-state index contributed by atoms with van der Waals surface area (Å²) in [4.78, 5) is 4.31. The number of piperidine rings is 1. The zero-order chi connectivity index (χ0) is 12.1. The van der Waals surface area contributed by atoms with Crippen LogP contribution in [0.25, 0.3) is 0 Å². The second kappa shape index (κ2) is 6.28. The van der Waals surface area contributed by atoms with Crippen LogP contribution in [0.15, 0.2) is 0 Å². The summed E-state index contributed by atoms with van der Waals surface area (Å²) in [6.45, 7) is 4.86. The Labute approximate surface area is 106 Å². The van der Waals surface area contributed by atoms with Gasteiger partial charge in [-0.2, -0.15) is 9.36 Å². The number of methoxy groups -OCH3 is 1. The molecule has 5 nitrogen and oxygen atoms in total. The largest absolute Gasteiger partial charge is 0.469 e.